The van der Waals surface area contributed by atoms with Crippen molar-refractivity contribution in [2.75, 3.05) is 0 Å². The third-order valence-corrected chi connectivity index (χ3v) is 15.3. The molecule has 0 spiro atoms. The van der Waals surface area contributed by atoms with Crippen molar-refractivity contribution in [1.29, 1.82) is 0 Å². The van der Waals surface area contributed by atoms with Gasteiger partial charge in [-0.25, -0.2) is 0 Å². The van der Waals surface area contributed by atoms with Crippen molar-refractivity contribution in [1.82, 2.24) is 0 Å². The molecule has 0 bridgehead atoms. The van der Waals surface area contributed by atoms with Gasteiger partial charge in [-0.15, -0.1) is 44.8 Å². The number of rotatable bonds is 10. The molecule has 0 saturated heterocycles. The Bertz CT molecular complexity index is 3900. The molecule has 0 amide bonds. The topological polar surface area (TPSA) is 0 Å². The molecule has 0 radical (unpaired) electrons. The summed E-state index contributed by atoms with van der Waals surface area (Å²) in [5.74, 6) is 0. The van der Waals surface area contributed by atoms with Crippen LogP contribution in [0.4, 0.5) is 0 Å². The first-order valence-corrected chi connectivity index (χ1v) is 33.6. The van der Waals surface area contributed by atoms with E-state index in [1.807, 2.05) is 0 Å². The second-order valence-electron chi connectivity index (χ2n) is 20.8. The number of hydrogen-bond donors (Lipinski definition) is 0. The Morgan fingerprint density at radius 1 is 0.275 bits per heavy atom. The molecule has 0 atom stereocenters. The maximum absolute atomic E-state index is 2.43. The van der Waals surface area contributed by atoms with Crippen LogP contribution < -0.4 is 24.8 Å². The third-order valence-electron chi connectivity index (χ3n) is 15.3. The standard InChI is InChI=1S/2C37H27.C2H6Si.2ClH.Zr/c2*1-2-10-26(11-3-1)20-21-27-24-36-34(32-18-8-14-28-12-4-6-16-30(28)32)22-23-35(37(36)25-27)33-19-9-15-29-13-5-7-17-31(29)33;1-3-2;;;/h2*1-19,22-25H,20-21H2;1-2H3;2*1H;/q2*-1;;;;+2/p-2. The molecule has 80 heavy (non-hydrogen) atoms. The van der Waals surface area contributed by atoms with E-state index in [4.69, 9.17) is 0 Å². The minimum Gasteiger partial charge on any atom is -1.00 e. The predicted molar refractivity (Wildman–Crippen MR) is 336 cm³/mol. The van der Waals surface area contributed by atoms with Crippen molar-refractivity contribution in [3.63, 3.8) is 0 Å². The Morgan fingerprint density at radius 3 is 0.850 bits per heavy atom. The van der Waals surface area contributed by atoms with Gasteiger partial charge in [-0.1, -0.05) is 288 Å². The van der Waals surface area contributed by atoms with E-state index in [0.29, 0.717) is 0 Å². The van der Waals surface area contributed by atoms with Crippen LogP contribution in [0.15, 0.2) is 279 Å². The van der Waals surface area contributed by atoms with Crippen molar-refractivity contribution < 1.29 is 48.1 Å². The summed E-state index contributed by atoms with van der Waals surface area (Å²) in [4.78, 5) is 0. The summed E-state index contributed by atoms with van der Waals surface area (Å²) < 4.78 is 0. The molecule has 0 aliphatic carbocycles. The van der Waals surface area contributed by atoms with Gasteiger partial charge in [-0.05, 0) is 91.0 Å². The van der Waals surface area contributed by atoms with Crippen LogP contribution in [0, 0.1) is 0 Å². The number of aryl methyl sites for hydroxylation is 4. The quantitative estimate of drug-likeness (QED) is 0.0946. The van der Waals surface area contributed by atoms with E-state index in [1.54, 1.807) is 23.3 Å². The van der Waals surface area contributed by atoms with Crippen LogP contribution in [-0.4, -0.2) is 5.43 Å². The molecule has 0 aliphatic heterocycles. The Morgan fingerprint density at radius 2 is 0.525 bits per heavy atom. The molecule has 0 heterocycles. The zero-order valence-corrected chi connectivity index (χ0v) is 50.1. The van der Waals surface area contributed by atoms with Gasteiger partial charge in [-0.3, -0.25) is 0 Å². The minimum absolute atomic E-state index is 0. The van der Waals surface area contributed by atoms with Gasteiger partial charge in [-0.2, -0.15) is 12.1 Å². The summed E-state index contributed by atoms with van der Waals surface area (Å²) >= 11 is 1.74. The molecule has 0 saturated carbocycles. The van der Waals surface area contributed by atoms with Crippen LogP contribution >= 0.6 is 0 Å². The fraction of sp³-hybridized carbons (Fsp3) is 0.0789. The van der Waals surface area contributed by atoms with Gasteiger partial charge in [0.15, 0.2) is 0 Å². The van der Waals surface area contributed by atoms with Crippen LogP contribution in [0.25, 0.3) is 109 Å². The summed E-state index contributed by atoms with van der Waals surface area (Å²) in [6.45, 7) is 4.62. The van der Waals surface area contributed by atoms with Crippen LogP contribution in [0.3, 0.4) is 0 Å². The molecule has 0 N–H and O–H groups in total. The van der Waals surface area contributed by atoms with Crippen molar-refractivity contribution in [2.24, 2.45) is 0 Å². The molecule has 0 nitrogen and oxygen atoms in total. The molecule has 388 valence electrons. The maximum Gasteiger partial charge on any atom is -0.0114 e. The second-order valence-corrected chi connectivity index (χ2v) is 30.2. The third kappa shape index (κ3) is 12.0. The first-order chi connectivity index (χ1) is 38.4. The van der Waals surface area contributed by atoms with Crippen molar-refractivity contribution >= 4 is 70.1 Å². The van der Waals surface area contributed by atoms with Gasteiger partial charge in [0.25, 0.3) is 0 Å². The van der Waals surface area contributed by atoms with E-state index in [-0.39, 0.29) is 30.2 Å². The molecule has 0 aromatic heterocycles. The van der Waals surface area contributed by atoms with Crippen LogP contribution in [0.1, 0.15) is 22.3 Å². The van der Waals surface area contributed by atoms with Gasteiger partial charge < -0.3 is 24.8 Å². The summed E-state index contributed by atoms with van der Waals surface area (Å²) in [6.07, 6.45) is 4.15. The second kappa shape index (κ2) is 25.8. The monoisotopic (exact) mass is 1160 g/mol. The van der Waals surface area contributed by atoms with E-state index < -0.39 is 0 Å². The van der Waals surface area contributed by atoms with Crippen LogP contribution in [-0.2, 0) is 49.0 Å². The van der Waals surface area contributed by atoms with Gasteiger partial charge in [0.1, 0.15) is 0 Å². The van der Waals surface area contributed by atoms with Gasteiger partial charge in [0, 0.05) is 0 Å². The number of benzene rings is 12. The molecular formula is C76H60Cl2SiZr-2. The molecule has 0 unspecified atom stereocenters. The predicted octanol–water partition coefficient (Wildman–Crippen LogP) is 14.8. The fourth-order valence-electron chi connectivity index (χ4n) is 11.7. The normalized spacial score (nSPS) is 10.9. The zero-order chi connectivity index (χ0) is 52.8. The van der Waals surface area contributed by atoms with E-state index in [0.717, 1.165) is 25.7 Å². The van der Waals surface area contributed by atoms with E-state index >= 15 is 0 Å². The first-order valence-electron chi connectivity index (χ1n) is 27.4. The molecule has 14 rings (SSSR count). The van der Waals surface area contributed by atoms with Crippen molar-refractivity contribution in [3.8, 4) is 44.5 Å². The molecule has 4 heteroatoms. The largest absolute Gasteiger partial charge is 1.00 e. The first kappa shape index (κ1) is 55.9. The van der Waals surface area contributed by atoms with E-state index in [9.17, 15) is 0 Å². The van der Waals surface area contributed by atoms with E-state index in [1.165, 1.54) is 131 Å². The molecule has 0 fully saturated rings. The molecule has 14 aromatic rings. The van der Waals surface area contributed by atoms with Crippen LogP contribution in [0.5, 0.6) is 0 Å². The minimum atomic E-state index is 0. The Kier molecular flexibility index (Phi) is 18.0. The SMILES string of the molecule is C[Si](C)=[Zr+2].[Cl-].[Cl-].c1ccc(CCc2cc3c(-c4cccc5ccccc45)ccc(-c4cccc5ccccc45)c3[cH-]2)cc1.c1ccc(CCc2cc3c(-c4cccc5ccccc45)ccc(-c4cccc5ccccc45)c3[cH-]2)cc1. The molecular weight excluding hydrogens is 1100 g/mol. The van der Waals surface area contributed by atoms with Crippen molar-refractivity contribution in [3.05, 3.63) is 301 Å². The van der Waals surface area contributed by atoms with Crippen LogP contribution in [0.2, 0.25) is 13.1 Å². The molecule has 0 aliphatic rings. The summed E-state index contributed by atoms with van der Waals surface area (Å²) in [7, 11) is 0. The number of fused-ring (bicyclic) bond motifs is 6. The Balaban J connectivity index is 0.000000165. The average Bonchev–Trinajstić information content (AvgIpc) is 4.21. The average molecular weight is 1160 g/mol. The van der Waals surface area contributed by atoms with Gasteiger partial charge in [0.05, 0.1) is 0 Å². The van der Waals surface area contributed by atoms with Gasteiger partial charge in [0.2, 0.25) is 0 Å². The zero-order valence-electron chi connectivity index (χ0n) is 45.1. The van der Waals surface area contributed by atoms with Gasteiger partial charge >= 0.3 is 41.9 Å². The Labute approximate surface area is 498 Å². The summed E-state index contributed by atoms with van der Waals surface area (Å²) in [5, 5.41) is 15.7. The smallest absolute Gasteiger partial charge is 0.0114 e. The number of halogens is 2. The maximum atomic E-state index is 2.43. The number of hydrogen-bond acceptors (Lipinski definition) is 0. The summed E-state index contributed by atoms with van der Waals surface area (Å²) in [5.41, 5.74) is 16.2. The molecule has 14 aromatic carbocycles. The van der Waals surface area contributed by atoms with E-state index in [2.05, 4.69) is 292 Å². The Hall–Kier alpha value is -7.42. The van der Waals surface area contributed by atoms with Crippen molar-refractivity contribution in [2.45, 2.75) is 38.8 Å². The summed E-state index contributed by atoms with van der Waals surface area (Å²) in [6, 6.07) is 102. The fourth-order valence-corrected chi connectivity index (χ4v) is 11.7.